The molecular formula is C22H24ClN5O3S. The summed E-state index contributed by atoms with van der Waals surface area (Å²) < 4.78 is 30.1. The molecule has 0 aliphatic carbocycles. The second-order valence-electron chi connectivity index (χ2n) is 7.61. The van der Waals surface area contributed by atoms with Gasteiger partial charge in [0, 0.05) is 31.5 Å². The minimum atomic E-state index is -3.90. The first-order valence-corrected chi connectivity index (χ1v) is 12.4. The molecule has 168 valence electrons. The van der Waals surface area contributed by atoms with Crippen molar-refractivity contribution in [2.24, 2.45) is 0 Å². The Morgan fingerprint density at radius 2 is 1.91 bits per heavy atom. The van der Waals surface area contributed by atoms with Crippen LogP contribution in [0.3, 0.4) is 0 Å². The van der Waals surface area contributed by atoms with Crippen LogP contribution in [-0.2, 0) is 29.4 Å². The number of halogens is 1. The van der Waals surface area contributed by atoms with Crippen LogP contribution in [0.1, 0.15) is 41.3 Å². The summed E-state index contributed by atoms with van der Waals surface area (Å²) in [5.41, 5.74) is 0.531. The van der Waals surface area contributed by atoms with E-state index < -0.39 is 10.0 Å². The molecule has 32 heavy (non-hydrogen) atoms. The molecule has 1 amide bonds. The molecular weight excluding hydrogens is 450 g/mol. The van der Waals surface area contributed by atoms with Crippen molar-refractivity contribution >= 4 is 33.2 Å². The maximum Gasteiger partial charge on any atom is 0.261 e. The van der Waals surface area contributed by atoms with Crippen LogP contribution in [0.15, 0.2) is 53.4 Å². The topological polar surface area (TPSA) is 106 Å². The van der Waals surface area contributed by atoms with Crippen molar-refractivity contribution < 1.29 is 13.2 Å². The van der Waals surface area contributed by atoms with Gasteiger partial charge in [-0.05, 0) is 43.2 Å². The first kappa shape index (κ1) is 22.3. The van der Waals surface area contributed by atoms with E-state index in [0.29, 0.717) is 13.0 Å². The number of hydrogen-bond donors (Lipinski definition) is 2. The number of amides is 1. The Morgan fingerprint density at radius 3 is 2.75 bits per heavy atom. The highest BCUT2D eigenvalue weighted by molar-refractivity contribution is 7.92. The van der Waals surface area contributed by atoms with Crippen LogP contribution in [0, 0.1) is 0 Å². The number of fused-ring (bicyclic) bond motifs is 1. The lowest BCUT2D eigenvalue weighted by molar-refractivity contribution is 0.0953. The van der Waals surface area contributed by atoms with Crippen molar-refractivity contribution in [3.8, 4) is 0 Å². The molecule has 0 spiro atoms. The molecule has 2 N–H and O–H groups in total. The van der Waals surface area contributed by atoms with Gasteiger partial charge in [0.25, 0.3) is 15.9 Å². The molecule has 2 aromatic carbocycles. The van der Waals surface area contributed by atoms with E-state index in [0.717, 1.165) is 37.5 Å². The summed E-state index contributed by atoms with van der Waals surface area (Å²) in [7, 11) is -3.90. The normalized spacial score (nSPS) is 13.8. The Hall–Kier alpha value is -2.91. The summed E-state index contributed by atoms with van der Waals surface area (Å²) in [6.07, 6.45) is 4.91. The Kier molecular flexibility index (Phi) is 6.76. The third-order valence-electron chi connectivity index (χ3n) is 5.34. The summed E-state index contributed by atoms with van der Waals surface area (Å²) in [6.45, 7) is 1.29. The van der Waals surface area contributed by atoms with Crippen molar-refractivity contribution in [3.05, 3.63) is 70.8 Å². The number of sulfonamides is 1. The van der Waals surface area contributed by atoms with E-state index in [4.69, 9.17) is 11.6 Å². The lowest BCUT2D eigenvalue weighted by atomic mass is 10.2. The lowest BCUT2D eigenvalue weighted by Crippen LogP contribution is -2.27. The van der Waals surface area contributed by atoms with Crippen LogP contribution in [0.4, 0.5) is 5.69 Å². The van der Waals surface area contributed by atoms with Gasteiger partial charge in [-0.15, -0.1) is 10.2 Å². The van der Waals surface area contributed by atoms with Crippen LogP contribution >= 0.6 is 11.6 Å². The number of nitrogens with zero attached hydrogens (tertiary/aromatic N) is 3. The number of carbonyl (C=O) groups excluding carboxylic acids is 1. The first-order valence-electron chi connectivity index (χ1n) is 10.5. The zero-order valence-corrected chi connectivity index (χ0v) is 19.0. The summed E-state index contributed by atoms with van der Waals surface area (Å²) >= 11 is 6.05. The van der Waals surface area contributed by atoms with Gasteiger partial charge in [-0.1, -0.05) is 36.2 Å². The molecule has 0 saturated carbocycles. The summed E-state index contributed by atoms with van der Waals surface area (Å²) in [5, 5.41) is 11.7. The van der Waals surface area contributed by atoms with Crippen LogP contribution in [0.2, 0.25) is 5.02 Å². The predicted molar refractivity (Wildman–Crippen MR) is 122 cm³/mol. The van der Waals surface area contributed by atoms with Crippen LogP contribution in [0.25, 0.3) is 0 Å². The molecule has 0 fully saturated rings. The fraction of sp³-hybridized carbons (Fsp3) is 0.318. The van der Waals surface area contributed by atoms with Crippen molar-refractivity contribution in [1.29, 1.82) is 0 Å². The van der Waals surface area contributed by atoms with Gasteiger partial charge in [0.15, 0.2) is 0 Å². The molecule has 3 aromatic rings. The van der Waals surface area contributed by atoms with E-state index in [-0.39, 0.29) is 27.1 Å². The van der Waals surface area contributed by atoms with Gasteiger partial charge < -0.3 is 9.88 Å². The zero-order chi connectivity index (χ0) is 22.6. The molecule has 2 heterocycles. The van der Waals surface area contributed by atoms with E-state index in [1.807, 2.05) is 0 Å². The number of nitrogens with one attached hydrogen (secondary N) is 2. The second kappa shape index (κ2) is 9.70. The largest absolute Gasteiger partial charge is 0.352 e. The monoisotopic (exact) mass is 473 g/mol. The Morgan fingerprint density at radius 1 is 1.06 bits per heavy atom. The maximum absolute atomic E-state index is 12.7. The SMILES string of the molecule is O=C(NCCc1nnc2n1CCCCC2)c1cccc(S(=O)(=O)Nc2ccccc2Cl)c1. The van der Waals surface area contributed by atoms with Crippen molar-refractivity contribution in [3.63, 3.8) is 0 Å². The van der Waals surface area contributed by atoms with E-state index in [9.17, 15) is 13.2 Å². The van der Waals surface area contributed by atoms with E-state index in [2.05, 4.69) is 24.8 Å². The highest BCUT2D eigenvalue weighted by Crippen LogP contribution is 2.24. The summed E-state index contributed by atoms with van der Waals surface area (Å²) in [4.78, 5) is 12.6. The van der Waals surface area contributed by atoms with Gasteiger partial charge in [-0.3, -0.25) is 9.52 Å². The smallest absolute Gasteiger partial charge is 0.261 e. The van der Waals surface area contributed by atoms with Gasteiger partial charge in [-0.2, -0.15) is 0 Å². The molecule has 4 rings (SSSR count). The van der Waals surface area contributed by atoms with Gasteiger partial charge in [0.05, 0.1) is 15.6 Å². The van der Waals surface area contributed by atoms with Gasteiger partial charge in [-0.25, -0.2) is 8.42 Å². The average Bonchev–Trinajstić information content (AvgIpc) is 3.01. The summed E-state index contributed by atoms with van der Waals surface area (Å²) in [5.74, 6) is 1.52. The quantitative estimate of drug-likeness (QED) is 0.546. The van der Waals surface area contributed by atoms with Crippen LogP contribution in [-0.4, -0.2) is 35.6 Å². The number of anilines is 1. The molecule has 0 bridgehead atoms. The number of rotatable bonds is 7. The highest BCUT2D eigenvalue weighted by atomic mass is 35.5. The number of benzene rings is 2. The molecule has 0 atom stereocenters. The van der Waals surface area contributed by atoms with Crippen molar-refractivity contribution in [2.75, 3.05) is 11.3 Å². The van der Waals surface area contributed by atoms with Crippen LogP contribution < -0.4 is 10.0 Å². The average molecular weight is 474 g/mol. The maximum atomic E-state index is 12.7. The Balaban J connectivity index is 1.40. The molecule has 1 aliphatic rings. The second-order valence-corrected chi connectivity index (χ2v) is 9.70. The third kappa shape index (κ3) is 5.11. The first-order chi connectivity index (χ1) is 15.4. The fourth-order valence-electron chi connectivity index (χ4n) is 3.67. The number of hydrogen-bond acceptors (Lipinski definition) is 5. The zero-order valence-electron chi connectivity index (χ0n) is 17.4. The lowest BCUT2D eigenvalue weighted by Gasteiger charge is -2.11. The van der Waals surface area contributed by atoms with E-state index in [1.54, 1.807) is 30.3 Å². The van der Waals surface area contributed by atoms with Crippen LogP contribution in [0.5, 0.6) is 0 Å². The molecule has 1 aromatic heterocycles. The fourth-order valence-corrected chi connectivity index (χ4v) is 5.04. The molecule has 8 nitrogen and oxygen atoms in total. The molecule has 0 saturated heterocycles. The van der Waals surface area contributed by atoms with Gasteiger partial charge >= 0.3 is 0 Å². The van der Waals surface area contributed by atoms with E-state index in [1.165, 1.54) is 24.6 Å². The number of aromatic nitrogens is 3. The number of para-hydroxylation sites is 1. The van der Waals surface area contributed by atoms with Gasteiger partial charge in [0.2, 0.25) is 0 Å². The van der Waals surface area contributed by atoms with E-state index >= 15 is 0 Å². The summed E-state index contributed by atoms with van der Waals surface area (Å²) in [6, 6.07) is 12.4. The molecule has 1 aliphatic heterocycles. The minimum Gasteiger partial charge on any atom is -0.352 e. The number of aryl methyl sites for hydroxylation is 1. The standard InChI is InChI=1S/C22H24ClN5O3S/c23-18-9-3-4-10-19(18)27-32(30,31)17-8-6-7-16(15-17)22(29)24-13-12-21-26-25-20-11-2-1-5-14-28(20)21/h3-4,6-10,15,27H,1-2,5,11-14H2,(H,24,29). The van der Waals surface area contributed by atoms with Crippen molar-refractivity contribution in [2.45, 2.75) is 43.5 Å². The molecule has 10 heteroatoms. The minimum absolute atomic E-state index is 0.0205. The third-order valence-corrected chi connectivity index (χ3v) is 7.04. The van der Waals surface area contributed by atoms with Gasteiger partial charge in [0.1, 0.15) is 11.6 Å². The Bertz CT molecular complexity index is 1230. The highest BCUT2D eigenvalue weighted by Gasteiger charge is 2.18. The van der Waals surface area contributed by atoms with Crippen molar-refractivity contribution in [1.82, 2.24) is 20.1 Å². The molecule has 0 unspecified atom stereocenters. The predicted octanol–water partition coefficient (Wildman–Crippen LogP) is 3.43. The molecule has 0 radical (unpaired) electrons. The number of carbonyl (C=O) groups is 1. The Labute approximate surface area is 192 Å².